The van der Waals surface area contributed by atoms with Crippen LogP contribution in [0.1, 0.15) is 44.8 Å². The molecule has 0 unspecified atom stereocenters. The molecule has 3 amide bonds. The number of carbonyl (C=O) groups excluding carboxylic acids is 2. The van der Waals surface area contributed by atoms with Gasteiger partial charge in [0, 0.05) is 22.9 Å². The third-order valence-electron chi connectivity index (χ3n) is 5.15. The highest BCUT2D eigenvalue weighted by Crippen LogP contribution is 2.34. The zero-order valence-corrected chi connectivity index (χ0v) is 18.8. The summed E-state index contributed by atoms with van der Waals surface area (Å²) < 4.78 is 0. The second-order valence-electron chi connectivity index (χ2n) is 7.51. The molecule has 1 fully saturated rings. The van der Waals surface area contributed by atoms with Crippen LogP contribution in [0.3, 0.4) is 0 Å². The highest BCUT2D eigenvalue weighted by Gasteiger charge is 2.33. The van der Waals surface area contributed by atoms with E-state index < -0.39 is 0 Å². The third kappa shape index (κ3) is 4.86. The number of hydrogen-bond acceptors (Lipinski definition) is 5. The quantitative estimate of drug-likeness (QED) is 0.549. The number of urea groups is 1. The summed E-state index contributed by atoms with van der Waals surface area (Å²) in [6, 6.07) is 12.5. The normalized spacial score (nSPS) is 15.7. The van der Waals surface area contributed by atoms with E-state index in [2.05, 4.69) is 20.8 Å². The maximum absolute atomic E-state index is 13.0. The van der Waals surface area contributed by atoms with E-state index in [1.165, 1.54) is 11.3 Å². The summed E-state index contributed by atoms with van der Waals surface area (Å²) in [4.78, 5) is 27.3. The molecule has 0 bridgehead atoms. The molecular formula is C22H22ClN5O2S. The molecule has 1 saturated heterocycles. The van der Waals surface area contributed by atoms with E-state index in [4.69, 9.17) is 11.6 Å². The number of likely N-dealkylation sites (tertiary alicyclic amines) is 1. The molecule has 160 valence electrons. The second-order valence-corrected chi connectivity index (χ2v) is 8.96. The summed E-state index contributed by atoms with van der Waals surface area (Å²) in [5.41, 5.74) is 3.48. The van der Waals surface area contributed by atoms with E-state index in [1.807, 2.05) is 32.0 Å². The van der Waals surface area contributed by atoms with Crippen LogP contribution in [0, 0.1) is 13.8 Å². The van der Waals surface area contributed by atoms with Gasteiger partial charge in [-0.15, -0.1) is 10.2 Å². The summed E-state index contributed by atoms with van der Waals surface area (Å²) in [7, 11) is 0. The van der Waals surface area contributed by atoms with Gasteiger partial charge in [-0.3, -0.25) is 4.79 Å². The van der Waals surface area contributed by atoms with Gasteiger partial charge >= 0.3 is 6.03 Å². The smallest absolute Gasteiger partial charge is 0.320 e. The van der Waals surface area contributed by atoms with Crippen molar-refractivity contribution in [3.63, 3.8) is 0 Å². The first-order valence-corrected chi connectivity index (χ1v) is 11.2. The largest absolute Gasteiger partial charge is 0.322 e. The van der Waals surface area contributed by atoms with Crippen molar-refractivity contribution in [1.29, 1.82) is 0 Å². The predicted molar refractivity (Wildman–Crippen MR) is 123 cm³/mol. The number of aromatic nitrogens is 2. The molecule has 2 N–H and O–H groups in total. The molecule has 3 aromatic rings. The predicted octanol–water partition coefficient (Wildman–Crippen LogP) is 5.43. The van der Waals surface area contributed by atoms with Crippen molar-refractivity contribution in [2.45, 2.75) is 32.7 Å². The fraction of sp³-hybridized carbons (Fsp3) is 0.273. The number of amides is 3. The minimum Gasteiger partial charge on any atom is -0.320 e. The third-order valence-corrected chi connectivity index (χ3v) is 6.41. The van der Waals surface area contributed by atoms with Crippen LogP contribution in [0.2, 0.25) is 5.02 Å². The van der Waals surface area contributed by atoms with Crippen LogP contribution in [0.15, 0.2) is 42.5 Å². The number of hydrogen-bond donors (Lipinski definition) is 2. The van der Waals surface area contributed by atoms with Gasteiger partial charge in [-0.2, -0.15) is 0 Å². The van der Waals surface area contributed by atoms with Gasteiger partial charge in [-0.1, -0.05) is 41.1 Å². The van der Waals surface area contributed by atoms with Crippen LogP contribution in [0.25, 0.3) is 0 Å². The van der Waals surface area contributed by atoms with Crippen molar-refractivity contribution in [2.24, 2.45) is 0 Å². The number of nitrogens with zero attached hydrogens (tertiary/aromatic N) is 3. The lowest BCUT2D eigenvalue weighted by atomic mass is 10.1. The Labute approximate surface area is 189 Å². The monoisotopic (exact) mass is 455 g/mol. The van der Waals surface area contributed by atoms with E-state index in [-0.39, 0.29) is 23.0 Å². The zero-order valence-electron chi connectivity index (χ0n) is 17.2. The van der Waals surface area contributed by atoms with Crippen LogP contribution >= 0.6 is 22.9 Å². The van der Waals surface area contributed by atoms with Gasteiger partial charge in [0.25, 0.3) is 5.91 Å². The minimum absolute atomic E-state index is 0.170. The number of anilines is 2. The summed E-state index contributed by atoms with van der Waals surface area (Å²) in [6.45, 7) is 4.59. The van der Waals surface area contributed by atoms with Gasteiger partial charge in [0.1, 0.15) is 5.01 Å². The van der Waals surface area contributed by atoms with E-state index in [0.717, 1.165) is 29.7 Å². The van der Waals surface area contributed by atoms with Crippen LogP contribution in [-0.2, 0) is 0 Å². The van der Waals surface area contributed by atoms with Crippen molar-refractivity contribution < 1.29 is 9.59 Å². The molecule has 7 nitrogen and oxygen atoms in total. The molecule has 0 radical (unpaired) electrons. The first kappa shape index (κ1) is 21.3. The Hall–Kier alpha value is -2.97. The van der Waals surface area contributed by atoms with Crippen molar-refractivity contribution in [1.82, 2.24) is 15.1 Å². The van der Waals surface area contributed by atoms with Gasteiger partial charge in [-0.25, -0.2) is 4.79 Å². The molecule has 1 aliphatic rings. The van der Waals surface area contributed by atoms with Gasteiger partial charge in [0.05, 0.1) is 6.04 Å². The fourth-order valence-electron chi connectivity index (χ4n) is 3.54. The Morgan fingerprint density at radius 2 is 1.97 bits per heavy atom. The second kappa shape index (κ2) is 9.03. The summed E-state index contributed by atoms with van der Waals surface area (Å²) in [6.07, 6.45) is 1.65. The summed E-state index contributed by atoms with van der Waals surface area (Å²) >= 11 is 7.17. The maximum atomic E-state index is 13.0. The number of carbonyl (C=O) groups is 2. The van der Waals surface area contributed by atoms with E-state index in [0.29, 0.717) is 22.3 Å². The van der Waals surface area contributed by atoms with Crippen LogP contribution in [0.4, 0.5) is 16.2 Å². The highest BCUT2D eigenvalue weighted by atomic mass is 35.5. The van der Waals surface area contributed by atoms with E-state index >= 15 is 0 Å². The number of aryl methyl sites for hydroxylation is 2. The van der Waals surface area contributed by atoms with Gasteiger partial charge in [-0.05, 0) is 62.1 Å². The lowest BCUT2D eigenvalue weighted by Crippen LogP contribution is -2.34. The average Bonchev–Trinajstić information content (AvgIpc) is 3.40. The van der Waals surface area contributed by atoms with Crippen molar-refractivity contribution in [3.05, 3.63) is 68.6 Å². The molecule has 9 heteroatoms. The lowest BCUT2D eigenvalue weighted by molar-refractivity contribution is 0.102. The number of benzene rings is 2. The van der Waals surface area contributed by atoms with E-state index in [1.54, 1.807) is 29.2 Å². The zero-order chi connectivity index (χ0) is 22.0. The van der Waals surface area contributed by atoms with Crippen LogP contribution < -0.4 is 10.6 Å². The topological polar surface area (TPSA) is 87.2 Å². The molecular weight excluding hydrogens is 434 g/mol. The molecule has 31 heavy (non-hydrogen) atoms. The standard InChI is InChI=1S/C22H22ClN5O2S/c1-13-8-9-14(2)17(11-13)25-22(30)28-10-4-7-18(28)20-26-27-21(31-20)19(29)24-16-6-3-5-15(23)12-16/h3,5-6,8-9,11-12,18H,4,7,10H2,1-2H3,(H,24,29)(H,25,30)/t18-/m1/s1. The molecule has 1 atom stereocenters. The van der Waals surface area contributed by atoms with Gasteiger partial charge < -0.3 is 15.5 Å². The molecule has 0 aliphatic carbocycles. The van der Waals surface area contributed by atoms with Gasteiger partial charge in [0.2, 0.25) is 5.01 Å². The molecule has 4 rings (SSSR count). The molecule has 2 aromatic carbocycles. The lowest BCUT2D eigenvalue weighted by Gasteiger charge is -2.23. The van der Waals surface area contributed by atoms with Crippen molar-refractivity contribution >= 4 is 46.3 Å². The van der Waals surface area contributed by atoms with Gasteiger partial charge in [0.15, 0.2) is 0 Å². The summed E-state index contributed by atoms with van der Waals surface area (Å²) in [5, 5.41) is 15.5. The van der Waals surface area contributed by atoms with Crippen molar-refractivity contribution in [2.75, 3.05) is 17.2 Å². The first-order chi connectivity index (χ1) is 14.9. The Morgan fingerprint density at radius 1 is 1.13 bits per heavy atom. The molecule has 2 heterocycles. The Kier molecular flexibility index (Phi) is 6.20. The van der Waals surface area contributed by atoms with E-state index in [9.17, 15) is 9.59 Å². The highest BCUT2D eigenvalue weighted by molar-refractivity contribution is 7.13. The average molecular weight is 456 g/mol. The molecule has 0 spiro atoms. The number of halogens is 1. The Morgan fingerprint density at radius 3 is 2.77 bits per heavy atom. The Balaban J connectivity index is 1.46. The summed E-state index contributed by atoms with van der Waals surface area (Å²) in [5.74, 6) is -0.351. The molecule has 1 aliphatic heterocycles. The van der Waals surface area contributed by atoms with Crippen LogP contribution in [-0.4, -0.2) is 33.6 Å². The first-order valence-electron chi connectivity index (χ1n) is 9.96. The number of rotatable bonds is 4. The molecule has 0 saturated carbocycles. The minimum atomic E-state index is -0.351. The SMILES string of the molecule is Cc1ccc(C)c(NC(=O)N2CCC[C@@H]2c2nnc(C(=O)Nc3cccc(Cl)c3)s2)c1. The molecule has 1 aromatic heterocycles. The number of nitrogens with one attached hydrogen (secondary N) is 2. The Bertz CT molecular complexity index is 1130. The van der Waals surface area contributed by atoms with Crippen molar-refractivity contribution in [3.8, 4) is 0 Å². The fourth-order valence-corrected chi connectivity index (χ4v) is 4.61. The van der Waals surface area contributed by atoms with Crippen LogP contribution in [0.5, 0.6) is 0 Å². The maximum Gasteiger partial charge on any atom is 0.322 e.